The minimum Gasteiger partial charge on any atom is -0.490 e. The molecule has 7 nitrogen and oxygen atoms in total. The van der Waals surface area contributed by atoms with Gasteiger partial charge in [0, 0.05) is 11.1 Å². The Hall–Kier alpha value is -3.41. The average molecular weight is 638 g/mol. The van der Waals surface area contributed by atoms with Crippen LogP contribution in [0.3, 0.4) is 0 Å². The number of hydrogen-bond acceptors (Lipinski definition) is 6. The molecule has 1 fully saturated rings. The van der Waals surface area contributed by atoms with Crippen LogP contribution in [0.4, 0.5) is 19.3 Å². The predicted molar refractivity (Wildman–Crippen MR) is 149 cm³/mol. The van der Waals surface area contributed by atoms with Gasteiger partial charge in [-0.1, -0.05) is 23.7 Å². The van der Waals surface area contributed by atoms with Crippen molar-refractivity contribution in [2.75, 3.05) is 18.5 Å². The third-order valence-electron chi connectivity index (χ3n) is 5.31. The molecule has 3 aromatic carbocycles. The molecule has 1 saturated heterocycles. The number of amides is 3. The lowest BCUT2D eigenvalue weighted by Crippen LogP contribution is -2.36. The summed E-state index contributed by atoms with van der Waals surface area (Å²) in [5, 5.41) is 2.19. The standard InChI is InChI=1S/C27H20BrClF2N2O5S/c1-2-37-22-10-16(9-19(28)25(22)38-14-15-3-5-17(29)6-4-15)11-23-26(35)33(27(36)39-23)13-24(34)32-21-8-7-18(30)12-20(21)31/h3-12H,2,13-14H2,1H3,(H,32,34)/b23-11+. The first-order valence-corrected chi connectivity index (χ1v) is 13.5. The first-order chi connectivity index (χ1) is 18.6. The van der Waals surface area contributed by atoms with Gasteiger partial charge in [-0.15, -0.1) is 0 Å². The summed E-state index contributed by atoms with van der Waals surface area (Å²) in [6.45, 7) is 1.80. The van der Waals surface area contributed by atoms with Crippen molar-refractivity contribution in [2.24, 2.45) is 0 Å². The Balaban J connectivity index is 1.48. The quantitative estimate of drug-likeness (QED) is 0.254. The summed E-state index contributed by atoms with van der Waals surface area (Å²) < 4.78 is 39.2. The highest BCUT2D eigenvalue weighted by atomic mass is 79.9. The molecule has 0 spiro atoms. The van der Waals surface area contributed by atoms with E-state index in [4.69, 9.17) is 21.1 Å². The van der Waals surface area contributed by atoms with Gasteiger partial charge >= 0.3 is 0 Å². The molecule has 0 bridgehead atoms. The fourth-order valence-corrected chi connectivity index (χ4v) is 5.06. The van der Waals surface area contributed by atoms with Crippen LogP contribution in [-0.4, -0.2) is 35.1 Å². The van der Waals surface area contributed by atoms with Crippen molar-refractivity contribution in [1.29, 1.82) is 0 Å². The van der Waals surface area contributed by atoms with Crippen molar-refractivity contribution in [3.05, 3.63) is 91.8 Å². The van der Waals surface area contributed by atoms with Crippen molar-refractivity contribution < 1.29 is 32.6 Å². The van der Waals surface area contributed by atoms with Gasteiger partial charge in [0.05, 0.1) is 21.7 Å². The summed E-state index contributed by atoms with van der Waals surface area (Å²) in [7, 11) is 0. The Labute approximate surface area is 240 Å². The van der Waals surface area contributed by atoms with E-state index in [1.165, 1.54) is 6.08 Å². The normalized spacial score (nSPS) is 14.2. The van der Waals surface area contributed by atoms with Crippen LogP contribution in [-0.2, 0) is 16.2 Å². The number of carbonyl (C=O) groups is 3. The monoisotopic (exact) mass is 636 g/mol. The van der Waals surface area contributed by atoms with E-state index in [0.717, 1.165) is 22.6 Å². The molecule has 1 N–H and O–H groups in total. The maximum Gasteiger partial charge on any atom is 0.294 e. The highest BCUT2D eigenvalue weighted by Gasteiger charge is 2.36. The summed E-state index contributed by atoms with van der Waals surface area (Å²) >= 11 is 10.1. The lowest BCUT2D eigenvalue weighted by Gasteiger charge is -2.15. The first kappa shape index (κ1) is 28.6. The van der Waals surface area contributed by atoms with Crippen molar-refractivity contribution in [1.82, 2.24) is 4.90 Å². The lowest BCUT2D eigenvalue weighted by atomic mass is 10.1. The van der Waals surface area contributed by atoms with Crippen LogP contribution in [0.1, 0.15) is 18.1 Å². The first-order valence-electron chi connectivity index (χ1n) is 11.5. The molecule has 0 aromatic heterocycles. The molecule has 0 radical (unpaired) electrons. The van der Waals surface area contributed by atoms with Gasteiger partial charge in [-0.05, 0) is 88.2 Å². The molecule has 39 heavy (non-hydrogen) atoms. The second-order valence-electron chi connectivity index (χ2n) is 8.12. The van der Waals surface area contributed by atoms with E-state index in [0.29, 0.717) is 51.0 Å². The van der Waals surface area contributed by atoms with Crippen LogP contribution in [0.5, 0.6) is 11.5 Å². The number of imide groups is 1. The Kier molecular flexibility index (Phi) is 9.26. The molecule has 1 heterocycles. The number of carbonyl (C=O) groups excluding carboxylic acids is 3. The number of thioether (sulfide) groups is 1. The number of nitrogens with one attached hydrogen (secondary N) is 1. The number of nitrogens with zero attached hydrogens (tertiary/aromatic N) is 1. The van der Waals surface area contributed by atoms with Crippen LogP contribution >= 0.6 is 39.3 Å². The second kappa shape index (κ2) is 12.6. The molecule has 0 saturated carbocycles. The molecule has 3 amide bonds. The molecular formula is C27H20BrClF2N2O5S. The predicted octanol–water partition coefficient (Wildman–Crippen LogP) is 7.03. The Morgan fingerprint density at radius 3 is 2.54 bits per heavy atom. The van der Waals surface area contributed by atoms with Gasteiger partial charge in [0.1, 0.15) is 24.8 Å². The number of benzene rings is 3. The molecule has 1 aliphatic heterocycles. The van der Waals surface area contributed by atoms with Crippen LogP contribution in [0.15, 0.2) is 64.0 Å². The van der Waals surface area contributed by atoms with Crippen molar-refractivity contribution in [3.8, 4) is 11.5 Å². The zero-order valence-electron chi connectivity index (χ0n) is 20.3. The highest BCUT2D eigenvalue weighted by molar-refractivity contribution is 9.10. The molecule has 3 aromatic rings. The van der Waals surface area contributed by atoms with Gasteiger partial charge < -0.3 is 14.8 Å². The van der Waals surface area contributed by atoms with Crippen molar-refractivity contribution >= 4 is 68.1 Å². The van der Waals surface area contributed by atoms with Gasteiger partial charge in [0.2, 0.25) is 5.91 Å². The lowest BCUT2D eigenvalue weighted by molar-refractivity contribution is -0.127. The molecule has 0 aliphatic carbocycles. The number of rotatable bonds is 9. The summed E-state index contributed by atoms with van der Waals surface area (Å²) in [5.41, 5.74) is 1.18. The fraction of sp³-hybridized carbons (Fsp3) is 0.148. The minimum atomic E-state index is -0.978. The Morgan fingerprint density at radius 2 is 1.85 bits per heavy atom. The zero-order chi connectivity index (χ0) is 28.1. The van der Waals surface area contributed by atoms with Crippen LogP contribution in [0, 0.1) is 11.6 Å². The average Bonchev–Trinajstić information content (AvgIpc) is 3.13. The molecule has 1 aliphatic rings. The van der Waals surface area contributed by atoms with Gasteiger partial charge in [-0.2, -0.15) is 0 Å². The number of hydrogen-bond donors (Lipinski definition) is 1. The number of ether oxygens (including phenoxy) is 2. The molecule has 12 heteroatoms. The molecule has 0 unspecified atom stereocenters. The van der Waals surface area contributed by atoms with Crippen molar-refractivity contribution in [3.63, 3.8) is 0 Å². The third-order valence-corrected chi connectivity index (χ3v) is 7.05. The van der Waals surface area contributed by atoms with E-state index in [9.17, 15) is 23.2 Å². The molecule has 4 rings (SSSR count). The van der Waals surface area contributed by atoms with E-state index < -0.39 is 35.2 Å². The smallest absolute Gasteiger partial charge is 0.294 e. The van der Waals surface area contributed by atoms with Crippen LogP contribution in [0.25, 0.3) is 6.08 Å². The SMILES string of the molecule is CCOc1cc(/C=C2/SC(=O)N(CC(=O)Nc3ccc(F)cc3F)C2=O)cc(Br)c1OCc1ccc(Cl)cc1. The Morgan fingerprint density at radius 1 is 1.10 bits per heavy atom. The molecule has 202 valence electrons. The zero-order valence-corrected chi connectivity index (χ0v) is 23.5. The van der Waals surface area contributed by atoms with E-state index in [1.54, 1.807) is 24.3 Å². The number of halogens is 4. The summed E-state index contributed by atoms with van der Waals surface area (Å²) in [4.78, 5) is 38.6. The summed E-state index contributed by atoms with van der Waals surface area (Å²) in [6.07, 6.45) is 1.50. The topological polar surface area (TPSA) is 84.9 Å². The van der Waals surface area contributed by atoms with E-state index in [-0.39, 0.29) is 17.2 Å². The third kappa shape index (κ3) is 7.17. The minimum absolute atomic E-state index is 0.0879. The van der Waals surface area contributed by atoms with E-state index in [2.05, 4.69) is 21.2 Å². The van der Waals surface area contributed by atoms with Crippen LogP contribution in [0.2, 0.25) is 5.02 Å². The van der Waals surface area contributed by atoms with Crippen molar-refractivity contribution in [2.45, 2.75) is 13.5 Å². The van der Waals surface area contributed by atoms with Gasteiger partial charge in [0.15, 0.2) is 11.5 Å². The molecule has 0 atom stereocenters. The largest absolute Gasteiger partial charge is 0.490 e. The summed E-state index contributed by atoms with van der Waals surface area (Å²) in [5.74, 6) is -2.39. The van der Waals surface area contributed by atoms with E-state index >= 15 is 0 Å². The fourth-order valence-electron chi connectivity index (χ4n) is 3.52. The van der Waals surface area contributed by atoms with Crippen LogP contribution < -0.4 is 14.8 Å². The van der Waals surface area contributed by atoms with Gasteiger partial charge in [-0.25, -0.2) is 8.78 Å². The van der Waals surface area contributed by atoms with E-state index in [1.807, 2.05) is 19.1 Å². The highest BCUT2D eigenvalue weighted by Crippen LogP contribution is 2.39. The maximum atomic E-state index is 13.8. The Bertz CT molecular complexity index is 1470. The summed E-state index contributed by atoms with van der Waals surface area (Å²) in [6, 6.07) is 13.2. The maximum absolute atomic E-state index is 13.8. The van der Waals surface area contributed by atoms with Gasteiger partial charge in [-0.3, -0.25) is 19.3 Å². The second-order valence-corrected chi connectivity index (χ2v) is 10.4. The molecular weight excluding hydrogens is 618 g/mol. The van der Waals surface area contributed by atoms with Gasteiger partial charge in [0.25, 0.3) is 11.1 Å². The number of anilines is 1.